The second-order valence-corrected chi connectivity index (χ2v) is 5.39. The average molecular weight is 368 g/mol. The highest BCUT2D eigenvalue weighted by atomic mass is 79.9. The van der Waals surface area contributed by atoms with E-state index in [-0.39, 0.29) is 5.91 Å². The van der Waals surface area contributed by atoms with Gasteiger partial charge < -0.3 is 4.74 Å². The molecule has 1 amide bonds. The van der Waals surface area contributed by atoms with Crippen molar-refractivity contribution in [1.82, 2.24) is 5.43 Å². The van der Waals surface area contributed by atoms with E-state index in [2.05, 4.69) is 26.5 Å². The number of nitrogens with one attached hydrogen (secondary N) is 1. The lowest BCUT2D eigenvalue weighted by Crippen LogP contribution is -2.18. The molecule has 0 heterocycles. The molecular weight excluding hydrogens is 356 g/mol. The number of hydrazone groups is 1. The van der Waals surface area contributed by atoms with Crippen LogP contribution in [0.25, 0.3) is 0 Å². The number of nitrogens with zero attached hydrogens (tertiary/aromatic N) is 1. The summed E-state index contributed by atoms with van der Waals surface area (Å²) in [5.74, 6) is 0.295. The Morgan fingerprint density at radius 3 is 2.86 bits per heavy atom. The van der Waals surface area contributed by atoms with Crippen LogP contribution in [-0.2, 0) is 0 Å². The predicted molar refractivity (Wildman–Crippen MR) is 87.2 cm³/mol. The SMILES string of the molecule is COc1ccccc1C=NNC(=O)c1cc(Br)ccc1Cl. The summed E-state index contributed by atoms with van der Waals surface area (Å²) in [6.07, 6.45) is 1.52. The summed E-state index contributed by atoms with van der Waals surface area (Å²) in [4.78, 5) is 12.0. The van der Waals surface area contributed by atoms with Crippen LogP contribution in [0.2, 0.25) is 5.02 Å². The van der Waals surface area contributed by atoms with Crippen molar-refractivity contribution in [2.75, 3.05) is 7.11 Å². The predicted octanol–water partition coefficient (Wildman–Crippen LogP) is 3.88. The summed E-state index contributed by atoms with van der Waals surface area (Å²) < 4.78 is 5.96. The largest absolute Gasteiger partial charge is 0.496 e. The van der Waals surface area contributed by atoms with Gasteiger partial charge in [0.1, 0.15) is 5.75 Å². The fraction of sp³-hybridized carbons (Fsp3) is 0.0667. The van der Waals surface area contributed by atoms with Gasteiger partial charge in [-0.15, -0.1) is 0 Å². The maximum absolute atomic E-state index is 12.0. The van der Waals surface area contributed by atoms with E-state index in [1.807, 2.05) is 24.3 Å². The number of ether oxygens (including phenoxy) is 1. The number of hydrogen-bond donors (Lipinski definition) is 1. The van der Waals surface area contributed by atoms with E-state index < -0.39 is 0 Å². The molecule has 6 heteroatoms. The molecule has 0 aromatic heterocycles. The summed E-state index contributed by atoms with van der Waals surface area (Å²) in [5.41, 5.74) is 3.55. The fourth-order valence-electron chi connectivity index (χ4n) is 1.67. The summed E-state index contributed by atoms with van der Waals surface area (Å²) in [6.45, 7) is 0. The van der Waals surface area contributed by atoms with Gasteiger partial charge in [0.2, 0.25) is 0 Å². The van der Waals surface area contributed by atoms with Gasteiger partial charge in [0.25, 0.3) is 5.91 Å². The van der Waals surface area contributed by atoms with Crippen LogP contribution in [0.1, 0.15) is 15.9 Å². The number of hydrogen-bond acceptors (Lipinski definition) is 3. The first-order valence-electron chi connectivity index (χ1n) is 6.03. The van der Waals surface area contributed by atoms with E-state index in [0.29, 0.717) is 16.3 Å². The molecule has 2 rings (SSSR count). The zero-order chi connectivity index (χ0) is 15.2. The molecule has 0 saturated carbocycles. The van der Waals surface area contributed by atoms with Gasteiger partial charge in [0, 0.05) is 10.0 Å². The maximum Gasteiger partial charge on any atom is 0.272 e. The Balaban J connectivity index is 2.10. The first-order valence-corrected chi connectivity index (χ1v) is 7.20. The van der Waals surface area contributed by atoms with Gasteiger partial charge in [0.15, 0.2) is 0 Å². The van der Waals surface area contributed by atoms with E-state index in [1.54, 1.807) is 25.3 Å². The summed E-state index contributed by atoms with van der Waals surface area (Å²) in [7, 11) is 1.58. The van der Waals surface area contributed by atoms with Gasteiger partial charge in [-0.25, -0.2) is 5.43 Å². The van der Waals surface area contributed by atoms with Crippen molar-refractivity contribution in [1.29, 1.82) is 0 Å². The number of carbonyl (C=O) groups is 1. The topological polar surface area (TPSA) is 50.7 Å². The quantitative estimate of drug-likeness (QED) is 0.659. The number of rotatable bonds is 4. The molecule has 0 unspecified atom stereocenters. The molecular formula is C15H12BrClN2O2. The zero-order valence-corrected chi connectivity index (χ0v) is 13.5. The monoisotopic (exact) mass is 366 g/mol. The number of carbonyl (C=O) groups excluding carboxylic acids is 1. The number of methoxy groups -OCH3 is 1. The van der Waals surface area contributed by atoms with E-state index in [4.69, 9.17) is 16.3 Å². The Hall–Kier alpha value is -1.85. The van der Waals surface area contributed by atoms with Crippen molar-refractivity contribution >= 4 is 39.7 Å². The van der Waals surface area contributed by atoms with Crippen molar-refractivity contribution in [2.45, 2.75) is 0 Å². The number of halogens is 2. The van der Waals surface area contributed by atoms with Gasteiger partial charge in [0.05, 0.1) is 23.9 Å². The Bertz CT molecular complexity index is 689. The molecule has 0 atom stereocenters. The summed E-state index contributed by atoms with van der Waals surface area (Å²) >= 11 is 9.28. The summed E-state index contributed by atoms with van der Waals surface area (Å²) in [5, 5.41) is 4.28. The minimum absolute atomic E-state index is 0.350. The molecule has 0 bridgehead atoms. The highest BCUT2D eigenvalue weighted by Crippen LogP contribution is 2.21. The zero-order valence-electron chi connectivity index (χ0n) is 11.1. The first kappa shape index (κ1) is 15.5. The van der Waals surface area contributed by atoms with Crippen LogP contribution in [0.15, 0.2) is 52.0 Å². The molecule has 0 aliphatic carbocycles. The van der Waals surface area contributed by atoms with Crippen molar-refractivity contribution in [3.05, 3.63) is 63.1 Å². The van der Waals surface area contributed by atoms with E-state index in [0.717, 1.165) is 10.0 Å². The minimum atomic E-state index is -0.382. The third-order valence-electron chi connectivity index (χ3n) is 2.68. The highest BCUT2D eigenvalue weighted by molar-refractivity contribution is 9.10. The molecule has 1 N–H and O–H groups in total. The highest BCUT2D eigenvalue weighted by Gasteiger charge is 2.09. The van der Waals surface area contributed by atoms with Gasteiger partial charge in [-0.3, -0.25) is 4.79 Å². The second kappa shape index (κ2) is 7.24. The lowest BCUT2D eigenvalue weighted by molar-refractivity contribution is 0.0955. The van der Waals surface area contributed by atoms with Crippen molar-refractivity contribution in [2.24, 2.45) is 5.10 Å². The molecule has 21 heavy (non-hydrogen) atoms. The maximum atomic E-state index is 12.0. The van der Waals surface area contributed by atoms with Crippen molar-refractivity contribution in [3.8, 4) is 5.75 Å². The van der Waals surface area contributed by atoms with Crippen LogP contribution < -0.4 is 10.2 Å². The van der Waals surface area contributed by atoms with E-state index in [1.165, 1.54) is 6.21 Å². The number of benzene rings is 2. The first-order chi connectivity index (χ1) is 10.1. The molecule has 4 nitrogen and oxygen atoms in total. The molecule has 0 fully saturated rings. The van der Waals surface area contributed by atoms with Crippen LogP contribution in [-0.4, -0.2) is 19.2 Å². The summed E-state index contributed by atoms with van der Waals surface area (Å²) in [6, 6.07) is 12.4. The minimum Gasteiger partial charge on any atom is -0.496 e. The van der Waals surface area contributed by atoms with Gasteiger partial charge >= 0.3 is 0 Å². The van der Waals surface area contributed by atoms with Crippen LogP contribution in [0.3, 0.4) is 0 Å². The third kappa shape index (κ3) is 4.06. The Morgan fingerprint density at radius 2 is 2.10 bits per heavy atom. The lowest BCUT2D eigenvalue weighted by atomic mass is 10.2. The second-order valence-electron chi connectivity index (χ2n) is 4.07. The number of amides is 1. The number of para-hydroxylation sites is 1. The standard InChI is InChI=1S/C15H12BrClN2O2/c1-21-14-5-3-2-4-10(14)9-18-19-15(20)12-8-11(16)6-7-13(12)17/h2-9H,1H3,(H,19,20). The van der Waals surface area contributed by atoms with Crippen LogP contribution in [0, 0.1) is 0 Å². The molecule has 0 aliphatic rings. The molecule has 108 valence electrons. The molecule has 0 saturated heterocycles. The average Bonchev–Trinajstić information content (AvgIpc) is 2.50. The van der Waals surface area contributed by atoms with Crippen LogP contribution in [0.4, 0.5) is 0 Å². The molecule has 2 aromatic rings. The van der Waals surface area contributed by atoms with Crippen LogP contribution >= 0.6 is 27.5 Å². The van der Waals surface area contributed by atoms with Crippen molar-refractivity contribution in [3.63, 3.8) is 0 Å². The molecule has 0 aliphatic heterocycles. The Kier molecular flexibility index (Phi) is 5.36. The lowest BCUT2D eigenvalue weighted by Gasteiger charge is -2.04. The van der Waals surface area contributed by atoms with E-state index in [9.17, 15) is 4.79 Å². The Morgan fingerprint density at radius 1 is 1.33 bits per heavy atom. The fourth-order valence-corrected chi connectivity index (χ4v) is 2.23. The van der Waals surface area contributed by atoms with Gasteiger partial charge in [-0.1, -0.05) is 39.7 Å². The van der Waals surface area contributed by atoms with Gasteiger partial charge in [-0.2, -0.15) is 5.10 Å². The molecule has 0 radical (unpaired) electrons. The Labute approximate surface area is 135 Å². The normalized spacial score (nSPS) is 10.6. The van der Waals surface area contributed by atoms with Crippen molar-refractivity contribution < 1.29 is 9.53 Å². The van der Waals surface area contributed by atoms with E-state index >= 15 is 0 Å². The molecule has 0 spiro atoms. The van der Waals surface area contributed by atoms with Gasteiger partial charge in [-0.05, 0) is 30.3 Å². The van der Waals surface area contributed by atoms with Crippen LogP contribution in [0.5, 0.6) is 5.75 Å². The third-order valence-corrected chi connectivity index (χ3v) is 3.50. The molecule has 2 aromatic carbocycles. The smallest absolute Gasteiger partial charge is 0.272 e.